The Morgan fingerprint density at radius 1 is 1.33 bits per heavy atom. The molecule has 6 heteroatoms. The molecule has 0 bridgehead atoms. The average molecular weight is 369 g/mol. The Morgan fingerprint density at radius 3 is 2.59 bits per heavy atom. The first-order chi connectivity index (χ1) is 12.7. The number of nitrogens with one attached hydrogen (secondary N) is 1. The van der Waals surface area contributed by atoms with Crippen molar-refractivity contribution in [1.82, 2.24) is 15.1 Å². The summed E-state index contributed by atoms with van der Waals surface area (Å²) in [6.07, 6.45) is 1.06. The second-order valence-electron chi connectivity index (χ2n) is 8.08. The largest absolute Gasteiger partial charge is 0.390 e. The fourth-order valence-corrected chi connectivity index (χ4v) is 3.65. The Hall–Kier alpha value is -2.47. The van der Waals surface area contributed by atoms with Gasteiger partial charge in [-0.15, -0.1) is 0 Å². The molecule has 0 unspecified atom stereocenters. The minimum Gasteiger partial charge on any atom is -0.390 e. The van der Waals surface area contributed by atoms with E-state index in [-0.39, 0.29) is 30.0 Å². The summed E-state index contributed by atoms with van der Waals surface area (Å²) in [5, 5.41) is 17.1. The van der Waals surface area contributed by atoms with Gasteiger partial charge in [-0.1, -0.05) is 38.1 Å². The highest BCUT2D eigenvalue weighted by atomic mass is 16.3. The van der Waals surface area contributed by atoms with E-state index in [1.807, 2.05) is 45.0 Å². The number of amides is 1. The van der Waals surface area contributed by atoms with Gasteiger partial charge in [-0.25, -0.2) is 4.68 Å². The molecular weight excluding hydrogens is 342 g/mol. The smallest absolute Gasteiger partial charge is 0.267 e. The van der Waals surface area contributed by atoms with E-state index >= 15 is 0 Å². The molecular formula is C21H27N3O3. The molecule has 6 nitrogen and oxygen atoms in total. The Balaban J connectivity index is 1.85. The van der Waals surface area contributed by atoms with E-state index in [4.69, 9.17) is 0 Å². The third kappa shape index (κ3) is 4.27. The van der Waals surface area contributed by atoms with Gasteiger partial charge >= 0.3 is 0 Å². The highest BCUT2D eigenvalue weighted by molar-refractivity contribution is 5.76. The predicted molar refractivity (Wildman–Crippen MR) is 105 cm³/mol. The zero-order chi connectivity index (χ0) is 19.8. The zero-order valence-electron chi connectivity index (χ0n) is 16.3. The van der Waals surface area contributed by atoms with E-state index in [2.05, 4.69) is 10.4 Å². The maximum absolute atomic E-state index is 12.6. The standard InChI is InChI=1S/C21H27N3O3/c1-13(2)20-17(16-8-6-5-7-14(16)3)9-19(26)24(23-20)12-18(25)22-15-10-21(4,27)11-15/h5-9,13,15,27H,10-12H2,1-4H3,(H,22,25)/t15-,21-. The van der Waals surface area contributed by atoms with Gasteiger partial charge in [0.15, 0.2) is 0 Å². The summed E-state index contributed by atoms with van der Waals surface area (Å²) in [7, 11) is 0. The van der Waals surface area contributed by atoms with Crippen molar-refractivity contribution >= 4 is 5.91 Å². The normalized spacial score (nSPS) is 21.8. The fraction of sp³-hybridized carbons (Fsp3) is 0.476. The van der Waals surface area contributed by atoms with Crippen molar-refractivity contribution in [1.29, 1.82) is 0 Å². The van der Waals surface area contributed by atoms with Crippen LogP contribution in [0.15, 0.2) is 35.1 Å². The number of aromatic nitrogens is 2. The van der Waals surface area contributed by atoms with Crippen LogP contribution >= 0.6 is 0 Å². The summed E-state index contributed by atoms with van der Waals surface area (Å²) in [6.45, 7) is 7.68. The Labute approximate surface area is 159 Å². The second kappa shape index (κ2) is 7.27. The van der Waals surface area contributed by atoms with Gasteiger partial charge in [-0.2, -0.15) is 5.10 Å². The van der Waals surface area contributed by atoms with Gasteiger partial charge in [-0.3, -0.25) is 9.59 Å². The fourth-order valence-electron chi connectivity index (χ4n) is 3.65. The van der Waals surface area contributed by atoms with Gasteiger partial charge < -0.3 is 10.4 Å². The predicted octanol–water partition coefficient (Wildman–Crippen LogP) is 2.37. The average Bonchev–Trinajstić information content (AvgIpc) is 2.55. The minimum atomic E-state index is -0.701. The molecule has 0 aliphatic heterocycles. The number of benzene rings is 1. The molecule has 0 saturated heterocycles. The molecule has 144 valence electrons. The van der Waals surface area contributed by atoms with E-state index in [1.54, 1.807) is 13.0 Å². The van der Waals surface area contributed by atoms with Crippen molar-refractivity contribution < 1.29 is 9.90 Å². The highest BCUT2D eigenvalue weighted by Gasteiger charge is 2.39. The van der Waals surface area contributed by atoms with Crippen LogP contribution in [0.1, 0.15) is 50.8 Å². The first-order valence-electron chi connectivity index (χ1n) is 9.36. The molecule has 1 saturated carbocycles. The minimum absolute atomic E-state index is 0.0426. The molecule has 27 heavy (non-hydrogen) atoms. The van der Waals surface area contributed by atoms with Crippen LogP contribution in [0.25, 0.3) is 11.1 Å². The number of aryl methyl sites for hydroxylation is 1. The van der Waals surface area contributed by atoms with E-state index in [9.17, 15) is 14.7 Å². The monoisotopic (exact) mass is 369 g/mol. The maximum atomic E-state index is 12.6. The molecule has 0 radical (unpaired) electrons. The quantitative estimate of drug-likeness (QED) is 0.847. The van der Waals surface area contributed by atoms with Crippen molar-refractivity contribution in [2.75, 3.05) is 0 Å². The summed E-state index contributed by atoms with van der Waals surface area (Å²) in [6, 6.07) is 9.43. The third-order valence-electron chi connectivity index (χ3n) is 5.04. The van der Waals surface area contributed by atoms with Gasteiger partial charge in [0.2, 0.25) is 5.91 Å². The molecule has 2 N–H and O–H groups in total. The van der Waals surface area contributed by atoms with Gasteiger partial charge in [0.25, 0.3) is 5.56 Å². The molecule has 3 rings (SSSR count). The SMILES string of the molecule is Cc1ccccc1-c1cc(=O)n(CC(=O)N[C@H]2C[C@](C)(O)C2)nc1C(C)C. The van der Waals surface area contributed by atoms with Gasteiger partial charge in [-0.05, 0) is 43.7 Å². The molecule has 0 spiro atoms. The van der Waals surface area contributed by atoms with Crippen LogP contribution in [0, 0.1) is 6.92 Å². The molecule has 1 aromatic heterocycles. The van der Waals surface area contributed by atoms with Crippen LogP contribution in [0.4, 0.5) is 0 Å². The summed E-state index contributed by atoms with van der Waals surface area (Å²) in [5.41, 5.74) is 2.68. The second-order valence-corrected chi connectivity index (χ2v) is 8.08. The lowest BCUT2D eigenvalue weighted by Crippen LogP contribution is -2.54. The molecule has 1 aliphatic rings. The van der Waals surface area contributed by atoms with E-state index in [0.717, 1.165) is 22.4 Å². The number of rotatable bonds is 5. The van der Waals surface area contributed by atoms with E-state index < -0.39 is 5.60 Å². The molecule has 0 atom stereocenters. The number of aliphatic hydroxyl groups is 1. The molecule has 1 aliphatic carbocycles. The molecule has 1 aromatic carbocycles. The van der Waals surface area contributed by atoms with Crippen molar-refractivity contribution in [2.45, 2.75) is 64.6 Å². The number of hydrogen-bond donors (Lipinski definition) is 2. The van der Waals surface area contributed by atoms with Crippen molar-refractivity contribution in [3.8, 4) is 11.1 Å². The summed E-state index contributed by atoms with van der Waals surface area (Å²) in [4.78, 5) is 24.9. The van der Waals surface area contributed by atoms with Crippen molar-refractivity contribution in [3.63, 3.8) is 0 Å². The summed E-state index contributed by atoms with van der Waals surface area (Å²) >= 11 is 0. The van der Waals surface area contributed by atoms with Gasteiger partial charge in [0.1, 0.15) is 6.54 Å². The van der Waals surface area contributed by atoms with E-state index in [0.29, 0.717) is 12.8 Å². The lowest BCUT2D eigenvalue weighted by Gasteiger charge is -2.41. The number of carbonyl (C=O) groups is 1. The van der Waals surface area contributed by atoms with Gasteiger partial charge in [0, 0.05) is 17.7 Å². The zero-order valence-corrected chi connectivity index (χ0v) is 16.3. The molecule has 1 heterocycles. The third-order valence-corrected chi connectivity index (χ3v) is 5.04. The van der Waals surface area contributed by atoms with Crippen LogP contribution < -0.4 is 10.9 Å². The van der Waals surface area contributed by atoms with Crippen LogP contribution in [-0.4, -0.2) is 32.4 Å². The van der Waals surface area contributed by atoms with Crippen molar-refractivity contribution in [2.24, 2.45) is 0 Å². The first-order valence-corrected chi connectivity index (χ1v) is 9.36. The Morgan fingerprint density at radius 2 is 2.00 bits per heavy atom. The van der Waals surface area contributed by atoms with E-state index in [1.165, 1.54) is 4.68 Å². The van der Waals surface area contributed by atoms with Crippen LogP contribution in [-0.2, 0) is 11.3 Å². The maximum Gasteiger partial charge on any atom is 0.267 e. The first kappa shape index (κ1) is 19.3. The van der Waals surface area contributed by atoms with Gasteiger partial charge in [0.05, 0.1) is 11.3 Å². The summed E-state index contributed by atoms with van der Waals surface area (Å²) < 4.78 is 1.23. The highest BCUT2D eigenvalue weighted by Crippen LogP contribution is 2.31. The van der Waals surface area contributed by atoms with Crippen LogP contribution in [0.3, 0.4) is 0 Å². The molecule has 2 aromatic rings. The Bertz CT molecular complexity index is 907. The topological polar surface area (TPSA) is 84.2 Å². The lowest BCUT2D eigenvalue weighted by molar-refractivity contribution is -0.125. The Kier molecular flexibility index (Phi) is 5.20. The number of hydrogen-bond acceptors (Lipinski definition) is 4. The number of carbonyl (C=O) groups excluding carboxylic acids is 1. The van der Waals surface area contributed by atoms with Crippen LogP contribution in [0.2, 0.25) is 0 Å². The number of nitrogens with zero attached hydrogens (tertiary/aromatic N) is 2. The lowest BCUT2D eigenvalue weighted by atomic mass is 9.77. The molecule has 1 amide bonds. The van der Waals surface area contributed by atoms with Crippen molar-refractivity contribution in [3.05, 3.63) is 51.9 Å². The summed E-state index contributed by atoms with van der Waals surface area (Å²) in [5.74, 6) is -0.153. The van der Waals surface area contributed by atoms with Crippen LogP contribution in [0.5, 0.6) is 0 Å². The molecule has 1 fully saturated rings.